The molecule has 1 fully saturated rings. The van der Waals surface area contributed by atoms with E-state index in [9.17, 15) is 23.3 Å². The molecule has 1 aliphatic carbocycles. The molecular weight excluding hydrogens is 510 g/mol. The highest BCUT2D eigenvalue weighted by atomic mass is 32.2. The summed E-state index contributed by atoms with van der Waals surface area (Å²) in [6, 6.07) is 11.5. The number of nitrogens with zero attached hydrogens (tertiary/aromatic N) is 3. The first kappa shape index (κ1) is 24.9. The van der Waals surface area contributed by atoms with E-state index in [4.69, 9.17) is 0 Å². The van der Waals surface area contributed by atoms with Crippen LogP contribution in [0.3, 0.4) is 0 Å². The number of aromatic nitrogens is 1. The Morgan fingerprint density at radius 3 is 2.70 bits per heavy atom. The molecule has 9 nitrogen and oxygen atoms in total. The largest absolute Gasteiger partial charge is 0.331 e. The normalized spacial score (nSPS) is 15.7. The second kappa shape index (κ2) is 9.28. The van der Waals surface area contributed by atoms with Crippen LogP contribution in [0.15, 0.2) is 41.3 Å². The maximum absolute atomic E-state index is 13.7. The molecule has 1 atom stereocenters. The number of hydrogen-bond donors (Lipinski definition) is 2. The average Bonchev–Trinajstić information content (AvgIpc) is 3.56. The number of anilines is 2. The van der Waals surface area contributed by atoms with Gasteiger partial charge in [-0.2, -0.15) is 5.26 Å². The summed E-state index contributed by atoms with van der Waals surface area (Å²) in [5.74, 6) is -0.128. The summed E-state index contributed by atoms with van der Waals surface area (Å²) in [7, 11) is -4.20. The van der Waals surface area contributed by atoms with Crippen molar-refractivity contribution in [2.24, 2.45) is 5.92 Å². The van der Waals surface area contributed by atoms with E-state index in [1.165, 1.54) is 30.4 Å². The van der Waals surface area contributed by atoms with E-state index in [2.05, 4.69) is 15.0 Å². The van der Waals surface area contributed by atoms with Gasteiger partial charge in [0.15, 0.2) is 5.13 Å². The highest BCUT2D eigenvalue weighted by Crippen LogP contribution is 2.42. The molecule has 37 heavy (non-hydrogen) atoms. The molecule has 190 valence electrons. The van der Waals surface area contributed by atoms with E-state index in [0.717, 1.165) is 12.8 Å². The number of nitrogens with one attached hydrogen (secondary N) is 2. The predicted octanol–water partition coefficient (Wildman–Crippen LogP) is 4.50. The van der Waals surface area contributed by atoms with Crippen LogP contribution in [0, 0.1) is 24.2 Å². The van der Waals surface area contributed by atoms with Crippen LogP contribution in [0.4, 0.5) is 10.8 Å². The summed E-state index contributed by atoms with van der Waals surface area (Å²) in [5, 5.41) is 12.3. The molecule has 2 aromatic carbocycles. The topological polar surface area (TPSA) is 132 Å². The molecule has 3 aromatic rings. The SMILES string of the molecule is CC(=O)Nc1nc(C)c(-c2cc3c(c(S(=O)(=O)Nc4cccc(C#N)c4)c2)C(=O)N(C(C)C2CC2)C3)s1. The second-order valence-corrected chi connectivity index (χ2v) is 12.1. The zero-order valence-electron chi connectivity index (χ0n) is 20.5. The van der Waals surface area contributed by atoms with Gasteiger partial charge in [-0.3, -0.25) is 14.3 Å². The third kappa shape index (κ3) is 4.82. The third-order valence-electron chi connectivity index (χ3n) is 6.67. The number of nitriles is 1. The number of sulfonamides is 1. The molecule has 2 amide bonds. The fourth-order valence-corrected chi connectivity index (χ4v) is 6.99. The zero-order chi connectivity index (χ0) is 26.5. The molecule has 0 bridgehead atoms. The summed E-state index contributed by atoms with van der Waals surface area (Å²) < 4.78 is 30.0. The van der Waals surface area contributed by atoms with Crippen LogP contribution in [0.1, 0.15) is 53.9 Å². The third-order valence-corrected chi connectivity index (χ3v) is 9.20. The Morgan fingerprint density at radius 1 is 1.27 bits per heavy atom. The minimum Gasteiger partial charge on any atom is -0.331 e. The highest BCUT2D eigenvalue weighted by molar-refractivity contribution is 7.92. The fourth-order valence-electron chi connectivity index (χ4n) is 4.68. The van der Waals surface area contributed by atoms with Crippen molar-refractivity contribution in [2.75, 3.05) is 10.0 Å². The number of carbonyl (C=O) groups excluding carboxylic acids is 2. The standard InChI is InChI=1S/C26H25N5O4S2/c1-14-24(36-26(28-14)29-16(3)32)19-10-20-13-31(15(2)18-7-8-18)25(33)23(20)22(11-19)37(34,35)30-21-6-4-5-17(9-21)12-27/h4-6,9-11,15,18,30H,7-8,13H2,1-3H3,(H,28,29,32). The quantitative estimate of drug-likeness (QED) is 0.458. The van der Waals surface area contributed by atoms with Gasteiger partial charge in [-0.05, 0) is 74.1 Å². The number of aryl methyl sites for hydroxylation is 1. The number of thiazole rings is 1. The molecular formula is C26H25N5O4S2. The Hall–Kier alpha value is -3.75. The van der Waals surface area contributed by atoms with Crippen LogP contribution in [-0.2, 0) is 21.4 Å². The van der Waals surface area contributed by atoms with Crippen molar-refractivity contribution in [2.45, 2.75) is 51.1 Å². The molecule has 1 aromatic heterocycles. The van der Waals surface area contributed by atoms with Gasteiger partial charge in [0.05, 0.1) is 33.5 Å². The predicted molar refractivity (Wildman–Crippen MR) is 141 cm³/mol. The van der Waals surface area contributed by atoms with E-state index in [1.54, 1.807) is 30.0 Å². The van der Waals surface area contributed by atoms with E-state index >= 15 is 0 Å². The van der Waals surface area contributed by atoms with Crippen molar-refractivity contribution in [3.05, 3.63) is 58.8 Å². The summed E-state index contributed by atoms with van der Waals surface area (Å²) in [6.45, 7) is 5.51. The van der Waals surface area contributed by atoms with Crippen molar-refractivity contribution in [1.29, 1.82) is 5.26 Å². The van der Waals surface area contributed by atoms with Crippen LogP contribution < -0.4 is 10.0 Å². The Balaban J connectivity index is 1.63. The first-order chi connectivity index (χ1) is 17.6. The number of amides is 2. The Kier molecular flexibility index (Phi) is 6.25. The first-order valence-electron chi connectivity index (χ1n) is 11.8. The number of rotatable bonds is 7. The number of carbonyl (C=O) groups is 2. The lowest BCUT2D eigenvalue weighted by Crippen LogP contribution is -2.35. The van der Waals surface area contributed by atoms with Crippen LogP contribution in [0.2, 0.25) is 0 Å². The molecule has 11 heteroatoms. The van der Waals surface area contributed by atoms with E-state index < -0.39 is 10.0 Å². The zero-order valence-corrected chi connectivity index (χ0v) is 22.2. The van der Waals surface area contributed by atoms with Crippen molar-refractivity contribution < 1.29 is 18.0 Å². The van der Waals surface area contributed by atoms with Crippen LogP contribution >= 0.6 is 11.3 Å². The molecule has 0 spiro atoms. The molecule has 1 aliphatic heterocycles. The van der Waals surface area contributed by atoms with Crippen molar-refractivity contribution in [3.63, 3.8) is 0 Å². The molecule has 5 rings (SSSR count). The van der Waals surface area contributed by atoms with Gasteiger partial charge in [0.25, 0.3) is 15.9 Å². The number of hydrogen-bond acceptors (Lipinski definition) is 7. The lowest BCUT2D eigenvalue weighted by Gasteiger charge is -2.24. The van der Waals surface area contributed by atoms with Crippen LogP contribution in [0.5, 0.6) is 0 Å². The number of benzene rings is 2. The first-order valence-corrected chi connectivity index (χ1v) is 14.1. The van der Waals surface area contributed by atoms with Gasteiger partial charge in [-0.15, -0.1) is 0 Å². The summed E-state index contributed by atoms with van der Waals surface area (Å²) >= 11 is 1.24. The van der Waals surface area contributed by atoms with Gasteiger partial charge < -0.3 is 10.2 Å². The van der Waals surface area contributed by atoms with E-state index in [0.29, 0.717) is 44.9 Å². The smallest absolute Gasteiger partial charge is 0.262 e. The Labute approximate surface area is 219 Å². The van der Waals surface area contributed by atoms with Crippen molar-refractivity contribution in [3.8, 4) is 16.5 Å². The summed E-state index contributed by atoms with van der Waals surface area (Å²) in [4.78, 5) is 31.8. The van der Waals surface area contributed by atoms with Crippen molar-refractivity contribution in [1.82, 2.24) is 9.88 Å². The van der Waals surface area contributed by atoms with Crippen LogP contribution in [-0.4, -0.2) is 36.2 Å². The lowest BCUT2D eigenvalue weighted by molar-refractivity contribution is -0.114. The minimum absolute atomic E-state index is 0.00989. The maximum Gasteiger partial charge on any atom is 0.262 e. The molecule has 2 N–H and O–H groups in total. The van der Waals surface area contributed by atoms with E-state index in [1.807, 2.05) is 19.1 Å². The molecule has 0 saturated heterocycles. The average molecular weight is 536 g/mol. The molecule has 0 radical (unpaired) electrons. The molecule has 2 aliphatic rings. The Morgan fingerprint density at radius 2 is 2.03 bits per heavy atom. The molecule has 1 unspecified atom stereocenters. The van der Waals surface area contributed by atoms with E-state index in [-0.39, 0.29) is 34.0 Å². The van der Waals surface area contributed by atoms with Gasteiger partial charge in [0.1, 0.15) is 4.90 Å². The summed E-state index contributed by atoms with van der Waals surface area (Å²) in [5.41, 5.74) is 2.59. The van der Waals surface area contributed by atoms with Gasteiger partial charge in [0.2, 0.25) is 5.91 Å². The molecule has 1 saturated carbocycles. The Bertz CT molecular complexity index is 1580. The highest BCUT2D eigenvalue weighted by Gasteiger charge is 2.41. The van der Waals surface area contributed by atoms with Crippen LogP contribution in [0.25, 0.3) is 10.4 Å². The fraction of sp³-hybridized carbons (Fsp3) is 0.308. The maximum atomic E-state index is 13.7. The molecule has 2 heterocycles. The van der Waals surface area contributed by atoms with Gasteiger partial charge in [-0.1, -0.05) is 17.4 Å². The summed E-state index contributed by atoms with van der Waals surface area (Å²) in [6.07, 6.45) is 2.11. The monoisotopic (exact) mass is 535 g/mol. The minimum atomic E-state index is -4.20. The number of fused-ring (bicyclic) bond motifs is 1. The van der Waals surface area contributed by atoms with Gasteiger partial charge in [-0.25, -0.2) is 13.4 Å². The van der Waals surface area contributed by atoms with Gasteiger partial charge >= 0.3 is 0 Å². The second-order valence-electron chi connectivity index (χ2n) is 9.43. The lowest BCUT2D eigenvalue weighted by atomic mass is 10.0. The van der Waals surface area contributed by atoms with Crippen molar-refractivity contribution >= 4 is 44.0 Å². The van der Waals surface area contributed by atoms with Gasteiger partial charge in [0, 0.05) is 19.5 Å².